The molecule has 0 aliphatic carbocycles. The molecule has 1 heterocycles. The van der Waals surface area contributed by atoms with E-state index < -0.39 is 11.4 Å². The van der Waals surface area contributed by atoms with Crippen LogP contribution in [0, 0.1) is 12.3 Å². The molecule has 1 amide bonds. The van der Waals surface area contributed by atoms with E-state index >= 15 is 0 Å². The van der Waals surface area contributed by atoms with Gasteiger partial charge < -0.3 is 10.0 Å². The molecule has 4 nitrogen and oxygen atoms in total. The van der Waals surface area contributed by atoms with Gasteiger partial charge in [0.25, 0.3) is 5.91 Å². The van der Waals surface area contributed by atoms with Crippen molar-refractivity contribution >= 4 is 27.8 Å². The number of hydrogen-bond acceptors (Lipinski definition) is 2. The number of amides is 1. The van der Waals surface area contributed by atoms with Gasteiger partial charge in [0.1, 0.15) is 0 Å². The van der Waals surface area contributed by atoms with Gasteiger partial charge in [0.15, 0.2) is 0 Å². The van der Waals surface area contributed by atoms with Gasteiger partial charge in [0.2, 0.25) is 0 Å². The van der Waals surface area contributed by atoms with E-state index in [-0.39, 0.29) is 5.91 Å². The Morgan fingerprint density at radius 1 is 1.43 bits per heavy atom. The first-order valence-electron chi connectivity index (χ1n) is 7.18. The van der Waals surface area contributed by atoms with E-state index in [1.165, 1.54) is 0 Å². The number of nitrogens with zero attached hydrogens (tertiary/aromatic N) is 1. The third-order valence-electron chi connectivity index (χ3n) is 4.23. The normalized spacial score (nSPS) is 21.6. The fourth-order valence-electron chi connectivity index (χ4n) is 2.97. The fourth-order valence-corrected chi connectivity index (χ4v) is 3.22. The molecule has 21 heavy (non-hydrogen) atoms. The minimum Gasteiger partial charge on any atom is -0.481 e. The maximum absolute atomic E-state index is 12.5. The molecule has 1 aromatic rings. The number of aryl methyl sites for hydroxylation is 1. The molecule has 0 saturated carbocycles. The maximum Gasteiger partial charge on any atom is 0.311 e. The molecule has 1 atom stereocenters. The molecule has 0 radical (unpaired) electrons. The Morgan fingerprint density at radius 3 is 2.71 bits per heavy atom. The minimum absolute atomic E-state index is 0.0789. The molecule has 114 valence electrons. The monoisotopic (exact) mass is 353 g/mol. The van der Waals surface area contributed by atoms with Gasteiger partial charge in [0, 0.05) is 23.1 Å². The highest BCUT2D eigenvalue weighted by Crippen LogP contribution is 2.36. The Hall–Kier alpha value is -1.36. The van der Waals surface area contributed by atoms with Gasteiger partial charge in [0.05, 0.1) is 5.41 Å². The van der Waals surface area contributed by atoms with E-state index in [4.69, 9.17) is 0 Å². The Morgan fingerprint density at radius 2 is 2.14 bits per heavy atom. The van der Waals surface area contributed by atoms with Crippen molar-refractivity contribution in [1.82, 2.24) is 4.90 Å². The van der Waals surface area contributed by atoms with Crippen LogP contribution in [0.5, 0.6) is 0 Å². The molecule has 0 aromatic heterocycles. The van der Waals surface area contributed by atoms with Crippen LogP contribution in [0.2, 0.25) is 0 Å². The van der Waals surface area contributed by atoms with Crippen molar-refractivity contribution in [2.24, 2.45) is 5.41 Å². The number of carbonyl (C=O) groups is 2. The summed E-state index contributed by atoms with van der Waals surface area (Å²) in [4.78, 5) is 25.8. The second kappa shape index (κ2) is 6.18. The zero-order valence-electron chi connectivity index (χ0n) is 12.4. The summed E-state index contributed by atoms with van der Waals surface area (Å²) < 4.78 is 0.964. The quantitative estimate of drug-likeness (QED) is 0.901. The molecule has 1 aliphatic heterocycles. The Balaban J connectivity index is 2.18. The van der Waals surface area contributed by atoms with Gasteiger partial charge in [-0.3, -0.25) is 9.59 Å². The second-order valence-corrected chi connectivity index (χ2v) is 6.63. The van der Waals surface area contributed by atoms with Crippen LogP contribution in [0.15, 0.2) is 22.7 Å². The van der Waals surface area contributed by atoms with E-state index in [2.05, 4.69) is 15.9 Å². The van der Waals surface area contributed by atoms with E-state index in [1.807, 2.05) is 26.0 Å². The van der Waals surface area contributed by atoms with Gasteiger partial charge in [-0.05, 0) is 43.5 Å². The molecule has 1 aliphatic rings. The third kappa shape index (κ3) is 3.12. The van der Waals surface area contributed by atoms with Crippen molar-refractivity contribution < 1.29 is 14.7 Å². The van der Waals surface area contributed by atoms with Crippen molar-refractivity contribution in [3.05, 3.63) is 33.8 Å². The molecule has 1 saturated heterocycles. The predicted molar refractivity (Wildman–Crippen MR) is 84.4 cm³/mol. The number of hydrogen-bond donors (Lipinski definition) is 1. The molecule has 1 aromatic carbocycles. The molecule has 1 unspecified atom stereocenters. The van der Waals surface area contributed by atoms with Crippen molar-refractivity contribution in [2.75, 3.05) is 13.1 Å². The van der Waals surface area contributed by atoms with Crippen LogP contribution in [0.4, 0.5) is 0 Å². The molecule has 1 fully saturated rings. The molecule has 5 heteroatoms. The molecular weight excluding hydrogens is 334 g/mol. The number of aliphatic carboxylic acids is 1. The highest BCUT2D eigenvalue weighted by Gasteiger charge is 2.45. The molecule has 0 spiro atoms. The van der Waals surface area contributed by atoms with Crippen LogP contribution < -0.4 is 0 Å². The lowest BCUT2D eigenvalue weighted by Gasteiger charge is -2.24. The van der Waals surface area contributed by atoms with Crippen molar-refractivity contribution in [1.29, 1.82) is 0 Å². The Kier molecular flexibility index (Phi) is 4.71. The molecule has 0 bridgehead atoms. The highest BCUT2D eigenvalue weighted by molar-refractivity contribution is 9.10. The summed E-state index contributed by atoms with van der Waals surface area (Å²) in [6.45, 7) is 4.74. The highest BCUT2D eigenvalue weighted by atomic mass is 79.9. The summed E-state index contributed by atoms with van der Waals surface area (Å²) in [7, 11) is 0. The summed E-state index contributed by atoms with van der Waals surface area (Å²) in [5.41, 5.74) is 0.848. The van der Waals surface area contributed by atoms with Crippen LogP contribution in [0.25, 0.3) is 0 Å². The number of carboxylic acids is 1. The summed E-state index contributed by atoms with van der Waals surface area (Å²) >= 11 is 3.42. The molecular formula is C16H20BrNO3. The standard InChI is InChI=1S/C16H20BrNO3/c1-3-6-16(15(20)21)7-8-18(10-16)14(19)12-4-5-13(17)11(2)9-12/h4-5,9H,3,6-8,10H2,1-2H3,(H,20,21). The first-order valence-corrected chi connectivity index (χ1v) is 7.98. The lowest BCUT2D eigenvalue weighted by atomic mass is 9.83. The van der Waals surface area contributed by atoms with Crippen LogP contribution in [0.1, 0.15) is 42.1 Å². The predicted octanol–water partition coefficient (Wildman–Crippen LogP) is 3.47. The number of carbonyl (C=O) groups excluding carboxylic acids is 1. The van der Waals surface area contributed by atoms with Crippen LogP contribution in [-0.4, -0.2) is 35.0 Å². The smallest absolute Gasteiger partial charge is 0.311 e. The zero-order chi connectivity index (χ0) is 15.6. The van der Waals surface area contributed by atoms with Gasteiger partial charge in [-0.25, -0.2) is 0 Å². The topological polar surface area (TPSA) is 57.6 Å². The van der Waals surface area contributed by atoms with E-state index in [1.54, 1.807) is 11.0 Å². The SMILES string of the molecule is CCCC1(C(=O)O)CCN(C(=O)c2ccc(Br)c(C)c2)C1. The van der Waals surface area contributed by atoms with Crippen LogP contribution in [0.3, 0.4) is 0 Å². The summed E-state index contributed by atoms with van der Waals surface area (Å²) in [5, 5.41) is 9.50. The largest absolute Gasteiger partial charge is 0.481 e. The summed E-state index contributed by atoms with van der Waals surface area (Å²) in [6.07, 6.45) is 1.97. The minimum atomic E-state index is -0.786. The first-order chi connectivity index (χ1) is 9.89. The maximum atomic E-state index is 12.5. The number of likely N-dealkylation sites (tertiary alicyclic amines) is 1. The third-order valence-corrected chi connectivity index (χ3v) is 5.12. The zero-order valence-corrected chi connectivity index (χ0v) is 13.9. The fraction of sp³-hybridized carbons (Fsp3) is 0.500. The van der Waals surface area contributed by atoms with E-state index in [0.717, 1.165) is 16.5 Å². The van der Waals surface area contributed by atoms with Crippen molar-refractivity contribution in [3.8, 4) is 0 Å². The summed E-state index contributed by atoms with van der Waals surface area (Å²) in [6, 6.07) is 5.47. The number of carboxylic acid groups (broad SMARTS) is 1. The number of benzene rings is 1. The van der Waals surface area contributed by atoms with E-state index in [9.17, 15) is 14.7 Å². The number of rotatable bonds is 4. The average Bonchev–Trinajstić information content (AvgIpc) is 2.87. The molecule has 1 N–H and O–H groups in total. The average molecular weight is 354 g/mol. The van der Waals surface area contributed by atoms with Crippen molar-refractivity contribution in [3.63, 3.8) is 0 Å². The van der Waals surface area contributed by atoms with Crippen LogP contribution in [-0.2, 0) is 4.79 Å². The van der Waals surface area contributed by atoms with Gasteiger partial charge in [-0.1, -0.05) is 29.3 Å². The lowest BCUT2D eigenvalue weighted by Crippen LogP contribution is -2.36. The second-order valence-electron chi connectivity index (χ2n) is 5.78. The first kappa shape index (κ1) is 16.0. The molecule has 2 rings (SSSR count). The van der Waals surface area contributed by atoms with E-state index in [0.29, 0.717) is 31.5 Å². The van der Waals surface area contributed by atoms with Crippen molar-refractivity contribution in [2.45, 2.75) is 33.1 Å². The number of halogens is 1. The van der Waals surface area contributed by atoms with Gasteiger partial charge in [-0.2, -0.15) is 0 Å². The Labute approximate surface area is 133 Å². The van der Waals surface area contributed by atoms with Gasteiger partial charge >= 0.3 is 5.97 Å². The summed E-state index contributed by atoms with van der Waals surface area (Å²) in [5.74, 6) is -0.864. The Bertz CT molecular complexity index is 573. The lowest BCUT2D eigenvalue weighted by molar-refractivity contribution is -0.148. The van der Waals surface area contributed by atoms with Crippen LogP contribution >= 0.6 is 15.9 Å². The van der Waals surface area contributed by atoms with Gasteiger partial charge in [-0.15, -0.1) is 0 Å².